The standard InChI is InChI=1S/C18H16F3IN2O3/c1-11-2-3-12(17(26)23-10-18(19,20)21)8-15(11)24-16(25)9-27-14-6-4-13(22)5-7-14/h2-8H,9-10H2,1H3,(H,23,26)(H,24,25). The lowest BCUT2D eigenvalue weighted by Crippen LogP contribution is -2.33. The summed E-state index contributed by atoms with van der Waals surface area (Å²) in [6, 6.07) is 11.4. The van der Waals surface area contributed by atoms with Crippen LogP contribution in [0.5, 0.6) is 5.75 Å². The predicted octanol–water partition coefficient (Wildman–Crippen LogP) is 3.91. The number of hydrogen-bond acceptors (Lipinski definition) is 3. The van der Waals surface area contributed by atoms with Gasteiger partial charge in [0.2, 0.25) is 0 Å². The third-order valence-electron chi connectivity index (χ3n) is 3.41. The van der Waals surface area contributed by atoms with Crippen molar-refractivity contribution in [2.75, 3.05) is 18.5 Å². The molecule has 27 heavy (non-hydrogen) atoms. The summed E-state index contributed by atoms with van der Waals surface area (Å²) in [6.45, 7) is 0.0305. The average Bonchev–Trinajstić information content (AvgIpc) is 2.60. The normalized spacial score (nSPS) is 11.0. The van der Waals surface area contributed by atoms with Crippen LogP contribution in [0.15, 0.2) is 42.5 Å². The Kier molecular flexibility index (Phi) is 7.05. The summed E-state index contributed by atoms with van der Waals surface area (Å²) >= 11 is 2.15. The molecule has 0 saturated carbocycles. The molecule has 0 atom stereocenters. The molecule has 0 spiro atoms. The summed E-state index contributed by atoms with van der Waals surface area (Å²) in [5, 5.41) is 4.38. The molecule has 2 amide bonds. The van der Waals surface area contributed by atoms with E-state index in [1.807, 2.05) is 12.1 Å². The van der Waals surface area contributed by atoms with Gasteiger partial charge in [-0.3, -0.25) is 9.59 Å². The highest BCUT2D eigenvalue weighted by Crippen LogP contribution is 2.18. The molecule has 0 aromatic heterocycles. The number of nitrogens with one attached hydrogen (secondary N) is 2. The summed E-state index contributed by atoms with van der Waals surface area (Å²) in [7, 11) is 0. The van der Waals surface area contributed by atoms with E-state index >= 15 is 0 Å². The van der Waals surface area contributed by atoms with Crippen LogP contribution in [0.25, 0.3) is 0 Å². The average molecular weight is 492 g/mol. The summed E-state index contributed by atoms with van der Waals surface area (Å²) in [5.74, 6) is -0.801. The van der Waals surface area contributed by atoms with E-state index in [1.165, 1.54) is 18.2 Å². The number of hydrogen-bond donors (Lipinski definition) is 2. The molecule has 0 radical (unpaired) electrons. The Morgan fingerprint density at radius 1 is 1.11 bits per heavy atom. The third-order valence-corrected chi connectivity index (χ3v) is 4.13. The number of carbonyl (C=O) groups is 2. The maximum atomic E-state index is 12.2. The maximum absolute atomic E-state index is 12.2. The van der Waals surface area contributed by atoms with Crippen LogP contribution in [-0.4, -0.2) is 31.1 Å². The fraction of sp³-hybridized carbons (Fsp3) is 0.222. The zero-order chi connectivity index (χ0) is 20.0. The number of ether oxygens (including phenoxy) is 1. The molecule has 0 aliphatic carbocycles. The topological polar surface area (TPSA) is 67.4 Å². The second kappa shape index (κ2) is 9.07. The Morgan fingerprint density at radius 2 is 1.78 bits per heavy atom. The van der Waals surface area contributed by atoms with Crippen molar-refractivity contribution in [3.05, 3.63) is 57.2 Å². The van der Waals surface area contributed by atoms with Crippen LogP contribution in [0.3, 0.4) is 0 Å². The molecule has 144 valence electrons. The number of carbonyl (C=O) groups excluding carboxylic acids is 2. The molecule has 0 unspecified atom stereocenters. The van der Waals surface area contributed by atoms with Crippen LogP contribution in [-0.2, 0) is 4.79 Å². The fourth-order valence-corrected chi connectivity index (χ4v) is 2.41. The van der Waals surface area contributed by atoms with Crippen LogP contribution in [0, 0.1) is 10.5 Å². The Balaban J connectivity index is 1.97. The van der Waals surface area contributed by atoms with Crippen molar-refractivity contribution in [1.82, 2.24) is 5.32 Å². The minimum Gasteiger partial charge on any atom is -0.484 e. The van der Waals surface area contributed by atoms with Gasteiger partial charge in [0.15, 0.2) is 6.61 Å². The van der Waals surface area contributed by atoms with E-state index in [9.17, 15) is 22.8 Å². The van der Waals surface area contributed by atoms with Gasteiger partial charge in [-0.15, -0.1) is 0 Å². The molecule has 0 bridgehead atoms. The first-order valence-corrected chi connectivity index (χ1v) is 8.86. The minimum absolute atomic E-state index is 0.0127. The molecule has 0 aliphatic heterocycles. The van der Waals surface area contributed by atoms with Crippen molar-refractivity contribution in [2.45, 2.75) is 13.1 Å². The Hall–Kier alpha value is -2.30. The quantitative estimate of drug-likeness (QED) is 0.602. The van der Waals surface area contributed by atoms with Gasteiger partial charge in [0.1, 0.15) is 12.3 Å². The van der Waals surface area contributed by atoms with Crippen molar-refractivity contribution < 1.29 is 27.5 Å². The first-order chi connectivity index (χ1) is 12.6. The molecular formula is C18H16F3IN2O3. The molecule has 2 aromatic carbocycles. The van der Waals surface area contributed by atoms with E-state index in [-0.39, 0.29) is 12.2 Å². The van der Waals surface area contributed by atoms with Gasteiger partial charge in [0.05, 0.1) is 0 Å². The van der Waals surface area contributed by atoms with Crippen molar-refractivity contribution in [3.63, 3.8) is 0 Å². The van der Waals surface area contributed by atoms with Crippen LogP contribution in [0.1, 0.15) is 15.9 Å². The summed E-state index contributed by atoms with van der Waals surface area (Å²) < 4.78 is 43.0. The van der Waals surface area contributed by atoms with Gasteiger partial charge < -0.3 is 15.4 Å². The molecular weight excluding hydrogens is 476 g/mol. The van der Waals surface area contributed by atoms with Gasteiger partial charge >= 0.3 is 6.18 Å². The van der Waals surface area contributed by atoms with Crippen molar-refractivity contribution in [3.8, 4) is 5.75 Å². The first kappa shape index (κ1) is 21.0. The Labute approximate surface area is 167 Å². The van der Waals surface area contributed by atoms with Gasteiger partial charge in [0.25, 0.3) is 11.8 Å². The largest absolute Gasteiger partial charge is 0.484 e. The number of alkyl halides is 3. The number of halogens is 4. The van der Waals surface area contributed by atoms with Crippen LogP contribution in [0.2, 0.25) is 0 Å². The van der Waals surface area contributed by atoms with Crippen molar-refractivity contribution in [2.24, 2.45) is 0 Å². The monoisotopic (exact) mass is 492 g/mol. The van der Waals surface area contributed by atoms with Gasteiger partial charge in [-0.05, 0) is 71.5 Å². The van der Waals surface area contributed by atoms with Crippen molar-refractivity contribution in [1.29, 1.82) is 0 Å². The van der Waals surface area contributed by atoms with E-state index in [1.54, 1.807) is 24.4 Å². The summed E-state index contributed by atoms with van der Waals surface area (Å²) in [5.41, 5.74) is 0.995. The van der Waals surface area contributed by atoms with E-state index < -0.39 is 24.5 Å². The molecule has 2 rings (SSSR count). The zero-order valence-electron chi connectivity index (χ0n) is 14.2. The van der Waals surface area contributed by atoms with Gasteiger partial charge in [-0.2, -0.15) is 13.2 Å². The highest BCUT2D eigenvalue weighted by molar-refractivity contribution is 14.1. The lowest BCUT2D eigenvalue weighted by atomic mass is 10.1. The number of aryl methyl sites for hydroxylation is 1. The lowest BCUT2D eigenvalue weighted by molar-refractivity contribution is -0.123. The highest BCUT2D eigenvalue weighted by atomic mass is 127. The fourth-order valence-electron chi connectivity index (χ4n) is 2.05. The van der Waals surface area contributed by atoms with E-state index in [2.05, 4.69) is 27.9 Å². The second-order valence-corrected chi connectivity index (χ2v) is 6.86. The van der Waals surface area contributed by atoms with Gasteiger partial charge in [-0.25, -0.2) is 0 Å². The van der Waals surface area contributed by atoms with Gasteiger partial charge in [0, 0.05) is 14.8 Å². The SMILES string of the molecule is Cc1ccc(C(=O)NCC(F)(F)F)cc1NC(=O)COc1ccc(I)cc1. The molecule has 0 heterocycles. The zero-order valence-corrected chi connectivity index (χ0v) is 16.3. The molecule has 0 fully saturated rings. The lowest BCUT2D eigenvalue weighted by Gasteiger charge is -2.12. The van der Waals surface area contributed by atoms with E-state index in [4.69, 9.17) is 4.74 Å². The Morgan fingerprint density at radius 3 is 2.41 bits per heavy atom. The highest BCUT2D eigenvalue weighted by Gasteiger charge is 2.28. The molecule has 2 aromatic rings. The number of rotatable bonds is 6. The number of anilines is 1. The summed E-state index contributed by atoms with van der Waals surface area (Å²) in [4.78, 5) is 23.9. The molecule has 5 nitrogen and oxygen atoms in total. The van der Waals surface area contributed by atoms with E-state index in [0.29, 0.717) is 17.0 Å². The Bertz CT molecular complexity index is 824. The van der Waals surface area contributed by atoms with Crippen LogP contribution < -0.4 is 15.4 Å². The minimum atomic E-state index is -4.50. The molecule has 0 saturated heterocycles. The summed E-state index contributed by atoms with van der Waals surface area (Å²) in [6.07, 6.45) is -4.50. The number of benzene rings is 2. The number of amides is 2. The molecule has 0 aliphatic rings. The first-order valence-electron chi connectivity index (χ1n) is 7.78. The molecule has 2 N–H and O–H groups in total. The van der Waals surface area contributed by atoms with Crippen LogP contribution in [0.4, 0.5) is 18.9 Å². The maximum Gasteiger partial charge on any atom is 0.405 e. The second-order valence-electron chi connectivity index (χ2n) is 5.62. The van der Waals surface area contributed by atoms with Gasteiger partial charge in [-0.1, -0.05) is 6.07 Å². The smallest absolute Gasteiger partial charge is 0.405 e. The van der Waals surface area contributed by atoms with Crippen LogP contribution >= 0.6 is 22.6 Å². The van der Waals surface area contributed by atoms with Crippen molar-refractivity contribution >= 4 is 40.1 Å². The third kappa shape index (κ3) is 7.08. The predicted molar refractivity (Wildman–Crippen MR) is 103 cm³/mol. The van der Waals surface area contributed by atoms with E-state index in [0.717, 1.165) is 3.57 Å². The molecule has 9 heteroatoms.